The summed E-state index contributed by atoms with van der Waals surface area (Å²) in [6.07, 6.45) is 2.14. The first-order chi connectivity index (χ1) is 3.56. The topological polar surface area (TPSA) is 34.1 Å². The van der Waals surface area contributed by atoms with Crippen LogP contribution in [0.15, 0.2) is 0 Å². The summed E-state index contributed by atoms with van der Waals surface area (Å²) in [6, 6.07) is 0. The molecule has 0 aliphatic carbocycles. The molecule has 0 unspecified atom stereocenters. The van der Waals surface area contributed by atoms with Crippen LogP contribution in [0.2, 0.25) is 0 Å². The molecular weight excluding hydrogens is 144 g/mol. The normalized spacial score (nSPS) is 11.8. The van der Waals surface area contributed by atoms with Crippen LogP contribution in [0.5, 0.6) is 0 Å². The largest absolute Gasteiger partial charge is 0.218 e. The SMILES string of the molecule is CCCSS(C)(=O)=O. The van der Waals surface area contributed by atoms with Gasteiger partial charge in [0.2, 0.25) is 0 Å². The Morgan fingerprint density at radius 1 is 1.50 bits per heavy atom. The average molecular weight is 154 g/mol. The van der Waals surface area contributed by atoms with E-state index in [0.29, 0.717) is 5.75 Å². The summed E-state index contributed by atoms with van der Waals surface area (Å²) in [5.41, 5.74) is 0. The van der Waals surface area contributed by atoms with E-state index in [1.54, 1.807) is 0 Å². The van der Waals surface area contributed by atoms with Crippen LogP contribution in [0.4, 0.5) is 0 Å². The van der Waals surface area contributed by atoms with Crippen molar-refractivity contribution in [1.82, 2.24) is 0 Å². The highest BCUT2D eigenvalue weighted by molar-refractivity contribution is 8.71. The van der Waals surface area contributed by atoms with Crippen LogP contribution in [0.1, 0.15) is 13.3 Å². The summed E-state index contributed by atoms with van der Waals surface area (Å²) in [5.74, 6) is 0.707. The smallest absolute Gasteiger partial charge is 0.198 e. The molecule has 0 aromatic carbocycles. The fourth-order valence-corrected chi connectivity index (χ4v) is 2.11. The second-order valence-corrected chi connectivity index (χ2v) is 6.10. The lowest BCUT2D eigenvalue weighted by atomic mass is 10.6. The zero-order valence-corrected chi connectivity index (χ0v) is 6.68. The van der Waals surface area contributed by atoms with Gasteiger partial charge >= 0.3 is 0 Å². The molecule has 0 aliphatic rings. The summed E-state index contributed by atoms with van der Waals surface area (Å²) in [6.45, 7) is 1.96. The van der Waals surface area contributed by atoms with Gasteiger partial charge in [-0.05, 0) is 17.2 Å². The monoisotopic (exact) mass is 154 g/mol. The zero-order chi connectivity index (χ0) is 6.62. The van der Waals surface area contributed by atoms with Gasteiger partial charge in [-0.15, -0.1) is 0 Å². The molecule has 8 heavy (non-hydrogen) atoms. The maximum atomic E-state index is 10.4. The molecule has 0 bridgehead atoms. The second-order valence-electron chi connectivity index (χ2n) is 1.53. The van der Waals surface area contributed by atoms with Crippen molar-refractivity contribution in [2.24, 2.45) is 0 Å². The van der Waals surface area contributed by atoms with Crippen LogP contribution >= 0.6 is 10.8 Å². The van der Waals surface area contributed by atoms with Crippen molar-refractivity contribution in [3.8, 4) is 0 Å². The van der Waals surface area contributed by atoms with Crippen molar-refractivity contribution in [2.45, 2.75) is 13.3 Å². The van der Waals surface area contributed by atoms with Crippen LogP contribution in [0, 0.1) is 0 Å². The minimum atomic E-state index is -2.77. The molecule has 0 N–H and O–H groups in total. The molecule has 0 aliphatic heterocycles. The zero-order valence-electron chi connectivity index (χ0n) is 5.05. The van der Waals surface area contributed by atoms with Crippen LogP contribution in [-0.2, 0) is 8.87 Å². The van der Waals surface area contributed by atoms with Gasteiger partial charge in [-0.3, -0.25) is 0 Å². The van der Waals surface area contributed by atoms with Crippen LogP contribution < -0.4 is 0 Å². The van der Waals surface area contributed by atoms with E-state index in [1.165, 1.54) is 6.26 Å². The Labute approximate surface area is 54.0 Å². The molecule has 0 radical (unpaired) electrons. The predicted octanol–water partition coefficient (Wildman–Crippen LogP) is 1.09. The first-order valence-electron chi connectivity index (χ1n) is 2.40. The predicted molar refractivity (Wildman–Crippen MR) is 37.6 cm³/mol. The molecule has 0 atom stereocenters. The first-order valence-corrected chi connectivity index (χ1v) is 5.80. The van der Waals surface area contributed by atoms with Gasteiger partial charge < -0.3 is 0 Å². The molecule has 4 heteroatoms. The van der Waals surface area contributed by atoms with Gasteiger partial charge in [0.25, 0.3) is 0 Å². The summed E-state index contributed by atoms with van der Waals surface area (Å²) >= 11 is 0. The van der Waals surface area contributed by atoms with E-state index in [2.05, 4.69) is 0 Å². The summed E-state index contributed by atoms with van der Waals surface area (Å²) in [7, 11) is -1.76. The maximum Gasteiger partial charge on any atom is 0.198 e. The van der Waals surface area contributed by atoms with Crippen LogP contribution in [0.3, 0.4) is 0 Å². The van der Waals surface area contributed by atoms with Gasteiger partial charge in [-0.25, -0.2) is 8.42 Å². The lowest BCUT2D eigenvalue weighted by molar-refractivity contribution is 0.615. The molecular formula is C4H10O2S2. The van der Waals surface area contributed by atoms with Crippen molar-refractivity contribution in [2.75, 3.05) is 12.0 Å². The Hall–Kier alpha value is 0.300. The Morgan fingerprint density at radius 2 is 2.00 bits per heavy atom. The third-order valence-corrected chi connectivity index (χ3v) is 3.29. The molecule has 0 saturated carbocycles. The van der Waals surface area contributed by atoms with E-state index in [1.807, 2.05) is 6.92 Å². The molecule has 0 aromatic heterocycles. The average Bonchev–Trinajstić information content (AvgIpc) is 1.59. The summed E-state index contributed by atoms with van der Waals surface area (Å²) in [5, 5.41) is 0. The van der Waals surface area contributed by atoms with Gasteiger partial charge in [-0.1, -0.05) is 6.92 Å². The fraction of sp³-hybridized carbons (Fsp3) is 1.00. The highest BCUT2D eigenvalue weighted by Crippen LogP contribution is 2.09. The third-order valence-electron chi connectivity index (χ3n) is 0.502. The summed E-state index contributed by atoms with van der Waals surface area (Å²) < 4.78 is 20.7. The number of hydrogen-bond donors (Lipinski definition) is 0. The van der Waals surface area contributed by atoms with E-state index in [-0.39, 0.29) is 0 Å². The highest BCUT2D eigenvalue weighted by Gasteiger charge is 1.98. The van der Waals surface area contributed by atoms with Crippen molar-refractivity contribution in [3.63, 3.8) is 0 Å². The second kappa shape index (κ2) is 3.35. The maximum absolute atomic E-state index is 10.4. The molecule has 0 fully saturated rings. The van der Waals surface area contributed by atoms with Gasteiger partial charge in [0.05, 0.1) is 0 Å². The van der Waals surface area contributed by atoms with E-state index < -0.39 is 8.87 Å². The molecule has 0 aromatic rings. The van der Waals surface area contributed by atoms with Crippen molar-refractivity contribution in [3.05, 3.63) is 0 Å². The molecule has 0 saturated heterocycles. The molecule has 2 nitrogen and oxygen atoms in total. The molecule has 0 heterocycles. The van der Waals surface area contributed by atoms with E-state index in [4.69, 9.17) is 0 Å². The van der Waals surface area contributed by atoms with Gasteiger partial charge in [0, 0.05) is 12.0 Å². The fourth-order valence-electron chi connectivity index (χ4n) is 0.235. The molecule has 50 valence electrons. The lowest BCUT2D eigenvalue weighted by Crippen LogP contribution is -1.88. The molecule has 0 spiro atoms. The highest BCUT2D eigenvalue weighted by atomic mass is 33.1. The van der Waals surface area contributed by atoms with Gasteiger partial charge in [0.15, 0.2) is 8.87 Å². The Bertz CT molecular complexity index is 136. The Morgan fingerprint density at radius 3 is 2.12 bits per heavy atom. The van der Waals surface area contributed by atoms with E-state index >= 15 is 0 Å². The van der Waals surface area contributed by atoms with Crippen LogP contribution in [-0.4, -0.2) is 20.4 Å². The van der Waals surface area contributed by atoms with E-state index in [9.17, 15) is 8.42 Å². The molecule has 0 amide bonds. The summed E-state index contributed by atoms with van der Waals surface area (Å²) in [4.78, 5) is 0. The quantitative estimate of drug-likeness (QED) is 0.571. The number of rotatable bonds is 3. The molecule has 0 rings (SSSR count). The lowest BCUT2D eigenvalue weighted by Gasteiger charge is -1.90. The third kappa shape index (κ3) is 6.30. The first kappa shape index (κ1) is 8.30. The van der Waals surface area contributed by atoms with Crippen LogP contribution in [0.25, 0.3) is 0 Å². The van der Waals surface area contributed by atoms with Gasteiger partial charge in [-0.2, -0.15) is 0 Å². The standard InChI is InChI=1S/C4H10O2S2/c1-3-4-7-8(2,5)6/h3-4H2,1-2H3. The number of hydrogen-bond acceptors (Lipinski definition) is 3. The minimum Gasteiger partial charge on any atom is -0.218 e. The van der Waals surface area contributed by atoms with Gasteiger partial charge in [0.1, 0.15) is 0 Å². The Balaban J connectivity index is 3.42. The minimum absolute atomic E-state index is 0.707. The van der Waals surface area contributed by atoms with Crippen molar-refractivity contribution >= 4 is 19.7 Å². The Kier molecular flexibility index (Phi) is 3.48. The van der Waals surface area contributed by atoms with Crippen molar-refractivity contribution in [1.29, 1.82) is 0 Å². The van der Waals surface area contributed by atoms with E-state index in [0.717, 1.165) is 17.2 Å². The van der Waals surface area contributed by atoms with Crippen molar-refractivity contribution < 1.29 is 8.42 Å².